The number of fused-ring (bicyclic) bond motifs is 1. The van der Waals surface area contributed by atoms with Crippen molar-refractivity contribution in [1.82, 2.24) is 9.88 Å². The molecule has 1 N–H and O–H groups in total. The van der Waals surface area contributed by atoms with Crippen LogP contribution in [0.3, 0.4) is 0 Å². The number of amides is 1. The number of hydrogen-bond acceptors (Lipinski definition) is 4. The number of rotatable bonds is 7. The molecule has 1 fully saturated rings. The van der Waals surface area contributed by atoms with E-state index in [1.54, 1.807) is 11.0 Å². The van der Waals surface area contributed by atoms with E-state index in [4.69, 9.17) is 21.1 Å². The Labute approximate surface area is 185 Å². The molecule has 1 saturated heterocycles. The molecule has 4 rings (SSSR count). The first-order chi connectivity index (χ1) is 15.0. The van der Waals surface area contributed by atoms with Crippen LogP contribution in [0.15, 0.2) is 53.3 Å². The predicted molar refractivity (Wildman–Crippen MR) is 120 cm³/mol. The molecule has 0 radical (unpaired) electrons. The van der Waals surface area contributed by atoms with Gasteiger partial charge < -0.3 is 19.4 Å². The Hall–Kier alpha value is -2.83. The number of aromatic nitrogens is 1. The monoisotopic (exact) mass is 440 g/mol. The number of pyridine rings is 1. The van der Waals surface area contributed by atoms with E-state index < -0.39 is 6.10 Å². The highest BCUT2D eigenvalue weighted by atomic mass is 35.5. The molecule has 2 aromatic carbocycles. The van der Waals surface area contributed by atoms with Gasteiger partial charge in [-0.2, -0.15) is 0 Å². The van der Waals surface area contributed by atoms with Crippen LogP contribution in [-0.4, -0.2) is 35.1 Å². The minimum Gasteiger partial charge on any atom is -0.494 e. The number of halogens is 1. The molecule has 2 heterocycles. The van der Waals surface area contributed by atoms with Crippen molar-refractivity contribution in [3.8, 4) is 5.75 Å². The number of carbonyl (C=O) groups is 1. The minimum atomic E-state index is -0.480. The van der Waals surface area contributed by atoms with Crippen molar-refractivity contribution in [3.05, 3.63) is 75.0 Å². The number of carbonyl (C=O) groups excluding carboxylic acids is 1. The van der Waals surface area contributed by atoms with Crippen molar-refractivity contribution in [1.29, 1.82) is 0 Å². The Morgan fingerprint density at radius 2 is 2.00 bits per heavy atom. The maximum absolute atomic E-state index is 13.2. The van der Waals surface area contributed by atoms with Gasteiger partial charge in [0.2, 0.25) is 0 Å². The van der Waals surface area contributed by atoms with Gasteiger partial charge >= 0.3 is 0 Å². The summed E-state index contributed by atoms with van der Waals surface area (Å²) in [4.78, 5) is 30.5. The molecule has 0 aliphatic carbocycles. The lowest BCUT2D eigenvalue weighted by Gasteiger charge is -2.26. The standard InChI is InChI=1S/C24H25ClN2O4/c1-2-30-19-9-10-21-17(13-19)12-18(23(28)26-21)15-27(24(29)22-8-5-11-31-22)14-16-6-3-4-7-20(16)25/h3-4,6-7,9-10,12-13,22H,2,5,8,11,14-15H2,1H3,(H,26,28). The SMILES string of the molecule is CCOc1ccc2[nH]c(=O)c(CN(Cc3ccccc3Cl)C(=O)C3CCCO3)cc2c1. The van der Waals surface area contributed by atoms with Gasteiger partial charge in [-0.25, -0.2) is 0 Å². The number of nitrogens with one attached hydrogen (secondary N) is 1. The van der Waals surface area contributed by atoms with Crippen LogP contribution in [0.5, 0.6) is 5.75 Å². The van der Waals surface area contributed by atoms with Crippen LogP contribution in [0, 0.1) is 0 Å². The van der Waals surface area contributed by atoms with Crippen LogP contribution in [0.1, 0.15) is 30.9 Å². The van der Waals surface area contributed by atoms with Crippen molar-refractivity contribution < 1.29 is 14.3 Å². The summed E-state index contributed by atoms with van der Waals surface area (Å²) in [6.07, 6.45) is 1.06. The van der Waals surface area contributed by atoms with Gasteiger partial charge in [0.25, 0.3) is 11.5 Å². The van der Waals surface area contributed by atoms with Crippen molar-refractivity contribution in [2.24, 2.45) is 0 Å². The van der Waals surface area contributed by atoms with E-state index in [0.717, 1.165) is 28.6 Å². The number of nitrogens with zero attached hydrogens (tertiary/aromatic N) is 1. The first kappa shape index (κ1) is 21.4. The van der Waals surface area contributed by atoms with Gasteiger partial charge in [-0.15, -0.1) is 0 Å². The van der Waals surface area contributed by atoms with Crippen LogP contribution in [0.4, 0.5) is 0 Å². The predicted octanol–water partition coefficient (Wildman–Crippen LogP) is 4.29. The maximum Gasteiger partial charge on any atom is 0.253 e. The number of benzene rings is 2. The molecule has 31 heavy (non-hydrogen) atoms. The van der Waals surface area contributed by atoms with Crippen LogP contribution < -0.4 is 10.3 Å². The van der Waals surface area contributed by atoms with Gasteiger partial charge in [0.1, 0.15) is 11.9 Å². The molecule has 1 aliphatic heterocycles. The van der Waals surface area contributed by atoms with E-state index in [0.29, 0.717) is 36.8 Å². The Bertz CT molecular complexity index is 1140. The molecule has 1 atom stereocenters. The van der Waals surface area contributed by atoms with Crippen molar-refractivity contribution >= 4 is 28.4 Å². The number of ether oxygens (including phenoxy) is 2. The molecule has 1 aliphatic rings. The van der Waals surface area contributed by atoms with E-state index >= 15 is 0 Å². The minimum absolute atomic E-state index is 0.125. The van der Waals surface area contributed by atoms with Crippen molar-refractivity contribution in [3.63, 3.8) is 0 Å². The van der Waals surface area contributed by atoms with Gasteiger partial charge in [-0.05, 0) is 55.7 Å². The fraction of sp³-hybridized carbons (Fsp3) is 0.333. The quantitative estimate of drug-likeness (QED) is 0.595. The summed E-state index contributed by atoms with van der Waals surface area (Å²) in [7, 11) is 0. The molecule has 162 valence electrons. The topological polar surface area (TPSA) is 71.6 Å². The van der Waals surface area contributed by atoms with E-state index in [-0.39, 0.29) is 18.0 Å². The number of hydrogen-bond donors (Lipinski definition) is 1. The Balaban J connectivity index is 1.67. The van der Waals surface area contributed by atoms with Gasteiger partial charge in [-0.3, -0.25) is 9.59 Å². The normalized spacial score (nSPS) is 15.9. The summed E-state index contributed by atoms with van der Waals surface area (Å²) in [5.41, 5.74) is 1.83. The van der Waals surface area contributed by atoms with E-state index in [9.17, 15) is 9.59 Å². The highest BCUT2D eigenvalue weighted by Gasteiger charge is 2.29. The molecule has 3 aromatic rings. The van der Waals surface area contributed by atoms with E-state index in [2.05, 4.69) is 4.98 Å². The highest BCUT2D eigenvalue weighted by molar-refractivity contribution is 6.31. The molecule has 1 amide bonds. The zero-order chi connectivity index (χ0) is 21.8. The molecule has 6 nitrogen and oxygen atoms in total. The lowest BCUT2D eigenvalue weighted by atomic mass is 10.1. The summed E-state index contributed by atoms with van der Waals surface area (Å²) in [6, 6.07) is 14.8. The lowest BCUT2D eigenvalue weighted by Crippen LogP contribution is -2.39. The van der Waals surface area contributed by atoms with E-state index in [1.807, 2.05) is 49.4 Å². The second-order valence-corrected chi connectivity index (χ2v) is 8.00. The third-order valence-corrected chi connectivity index (χ3v) is 5.77. The zero-order valence-electron chi connectivity index (χ0n) is 17.4. The van der Waals surface area contributed by atoms with E-state index in [1.165, 1.54) is 0 Å². The van der Waals surface area contributed by atoms with Crippen molar-refractivity contribution in [2.45, 2.75) is 39.0 Å². The van der Waals surface area contributed by atoms with Crippen LogP contribution in [-0.2, 0) is 22.6 Å². The molecular formula is C24H25ClN2O4. The number of H-pyrrole nitrogens is 1. The molecular weight excluding hydrogens is 416 g/mol. The Morgan fingerprint density at radius 1 is 1.19 bits per heavy atom. The van der Waals surface area contributed by atoms with Gasteiger partial charge in [-0.1, -0.05) is 29.8 Å². The molecule has 0 saturated carbocycles. The summed E-state index contributed by atoms with van der Waals surface area (Å²) in [6.45, 7) is 3.52. The zero-order valence-corrected chi connectivity index (χ0v) is 18.2. The Morgan fingerprint density at radius 3 is 2.74 bits per heavy atom. The Kier molecular flexibility index (Phi) is 6.59. The fourth-order valence-corrected chi connectivity index (χ4v) is 4.02. The second kappa shape index (κ2) is 9.54. The molecule has 1 aromatic heterocycles. The number of aromatic amines is 1. The van der Waals surface area contributed by atoms with Crippen LogP contribution in [0.25, 0.3) is 10.9 Å². The largest absolute Gasteiger partial charge is 0.494 e. The lowest BCUT2D eigenvalue weighted by molar-refractivity contribution is -0.142. The van der Waals surface area contributed by atoms with Gasteiger partial charge in [0.05, 0.1) is 13.2 Å². The first-order valence-corrected chi connectivity index (χ1v) is 10.9. The first-order valence-electron chi connectivity index (χ1n) is 10.5. The summed E-state index contributed by atoms with van der Waals surface area (Å²) in [5.74, 6) is 0.608. The summed E-state index contributed by atoms with van der Waals surface area (Å²) >= 11 is 6.34. The maximum atomic E-state index is 13.2. The summed E-state index contributed by atoms with van der Waals surface area (Å²) < 4.78 is 11.2. The highest BCUT2D eigenvalue weighted by Crippen LogP contribution is 2.23. The molecule has 1 unspecified atom stereocenters. The smallest absolute Gasteiger partial charge is 0.253 e. The third kappa shape index (κ3) is 4.92. The molecule has 0 bridgehead atoms. The molecule has 0 spiro atoms. The van der Waals surface area contributed by atoms with Crippen LogP contribution in [0.2, 0.25) is 5.02 Å². The fourth-order valence-electron chi connectivity index (χ4n) is 3.83. The summed E-state index contributed by atoms with van der Waals surface area (Å²) in [5, 5.41) is 1.43. The van der Waals surface area contributed by atoms with Crippen LogP contribution >= 0.6 is 11.6 Å². The van der Waals surface area contributed by atoms with Gasteiger partial charge in [0.15, 0.2) is 0 Å². The van der Waals surface area contributed by atoms with Gasteiger partial charge in [0, 0.05) is 34.6 Å². The third-order valence-electron chi connectivity index (χ3n) is 5.40. The second-order valence-electron chi connectivity index (χ2n) is 7.59. The van der Waals surface area contributed by atoms with Crippen molar-refractivity contribution in [2.75, 3.05) is 13.2 Å². The average Bonchev–Trinajstić information content (AvgIpc) is 3.30. The molecule has 7 heteroatoms. The average molecular weight is 441 g/mol.